The van der Waals surface area contributed by atoms with Crippen molar-refractivity contribution in [2.24, 2.45) is 0 Å². The summed E-state index contributed by atoms with van der Waals surface area (Å²) < 4.78 is 0. The highest BCUT2D eigenvalue weighted by molar-refractivity contribution is 7.80. The molecule has 0 heterocycles. The molecule has 0 saturated carbocycles. The van der Waals surface area contributed by atoms with Crippen molar-refractivity contribution in [1.82, 2.24) is 0 Å². The SMILES string of the molecule is Cc1ccccc1C=CCS. The molecule has 0 fully saturated rings. The van der Waals surface area contributed by atoms with E-state index in [1.807, 2.05) is 18.2 Å². The molecule has 0 amide bonds. The highest BCUT2D eigenvalue weighted by atomic mass is 32.1. The van der Waals surface area contributed by atoms with E-state index in [4.69, 9.17) is 0 Å². The van der Waals surface area contributed by atoms with Gasteiger partial charge in [0.15, 0.2) is 0 Å². The van der Waals surface area contributed by atoms with Crippen LogP contribution in [0.3, 0.4) is 0 Å². The van der Waals surface area contributed by atoms with Gasteiger partial charge in [-0.25, -0.2) is 0 Å². The number of benzene rings is 1. The van der Waals surface area contributed by atoms with Gasteiger partial charge in [0, 0.05) is 5.75 Å². The van der Waals surface area contributed by atoms with Crippen LogP contribution in [0, 0.1) is 6.92 Å². The van der Waals surface area contributed by atoms with Crippen LogP contribution >= 0.6 is 12.6 Å². The number of rotatable bonds is 2. The summed E-state index contributed by atoms with van der Waals surface area (Å²) in [6.45, 7) is 2.11. The molecule has 0 unspecified atom stereocenters. The second-order valence-corrected chi connectivity index (χ2v) is 2.81. The van der Waals surface area contributed by atoms with Crippen LogP contribution in [0.1, 0.15) is 11.1 Å². The molecule has 0 saturated heterocycles. The molecule has 11 heavy (non-hydrogen) atoms. The zero-order valence-electron chi connectivity index (χ0n) is 6.62. The largest absolute Gasteiger partial charge is 0.175 e. The number of hydrogen-bond donors (Lipinski definition) is 1. The molecule has 0 nitrogen and oxygen atoms in total. The first kappa shape index (κ1) is 8.41. The van der Waals surface area contributed by atoms with Gasteiger partial charge in [-0.1, -0.05) is 36.4 Å². The van der Waals surface area contributed by atoms with Crippen molar-refractivity contribution < 1.29 is 0 Å². The molecule has 1 rings (SSSR count). The quantitative estimate of drug-likeness (QED) is 0.638. The van der Waals surface area contributed by atoms with Gasteiger partial charge in [-0.05, 0) is 18.1 Å². The van der Waals surface area contributed by atoms with E-state index in [1.165, 1.54) is 11.1 Å². The fourth-order valence-corrected chi connectivity index (χ4v) is 1.06. The highest BCUT2D eigenvalue weighted by Gasteiger charge is 1.88. The van der Waals surface area contributed by atoms with E-state index in [1.54, 1.807) is 0 Å². The number of aryl methyl sites for hydroxylation is 1. The van der Waals surface area contributed by atoms with Gasteiger partial charge in [-0.2, -0.15) is 12.6 Å². The topological polar surface area (TPSA) is 0 Å². The lowest BCUT2D eigenvalue weighted by Crippen LogP contribution is -1.77. The second kappa shape index (κ2) is 4.24. The lowest BCUT2D eigenvalue weighted by Gasteiger charge is -1.96. The van der Waals surface area contributed by atoms with E-state index in [9.17, 15) is 0 Å². The van der Waals surface area contributed by atoms with Gasteiger partial charge in [0.25, 0.3) is 0 Å². The first-order valence-corrected chi connectivity index (χ1v) is 4.31. The Morgan fingerprint density at radius 1 is 1.36 bits per heavy atom. The van der Waals surface area contributed by atoms with Crippen molar-refractivity contribution >= 4 is 18.7 Å². The highest BCUT2D eigenvalue weighted by Crippen LogP contribution is 2.08. The second-order valence-electron chi connectivity index (χ2n) is 2.44. The van der Waals surface area contributed by atoms with Gasteiger partial charge in [0.1, 0.15) is 0 Å². The van der Waals surface area contributed by atoms with Gasteiger partial charge in [0.05, 0.1) is 0 Å². The summed E-state index contributed by atoms with van der Waals surface area (Å²) in [6.07, 6.45) is 4.15. The minimum Gasteiger partial charge on any atom is -0.175 e. The van der Waals surface area contributed by atoms with E-state index in [0.717, 1.165) is 5.75 Å². The monoisotopic (exact) mass is 164 g/mol. The molecule has 0 N–H and O–H groups in total. The Hall–Kier alpha value is -0.690. The molecule has 0 aliphatic heterocycles. The Morgan fingerprint density at radius 2 is 2.09 bits per heavy atom. The van der Waals surface area contributed by atoms with Crippen LogP contribution in [-0.4, -0.2) is 5.75 Å². The summed E-state index contributed by atoms with van der Waals surface area (Å²) in [4.78, 5) is 0. The summed E-state index contributed by atoms with van der Waals surface area (Å²) in [5, 5.41) is 0. The predicted octanol–water partition coefficient (Wildman–Crippen LogP) is 2.94. The van der Waals surface area contributed by atoms with Crippen molar-refractivity contribution in [3.63, 3.8) is 0 Å². The Kier molecular flexibility index (Phi) is 3.24. The molecule has 0 aromatic heterocycles. The van der Waals surface area contributed by atoms with E-state index < -0.39 is 0 Å². The molecular weight excluding hydrogens is 152 g/mol. The van der Waals surface area contributed by atoms with Crippen molar-refractivity contribution in [1.29, 1.82) is 0 Å². The van der Waals surface area contributed by atoms with E-state index in [-0.39, 0.29) is 0 Å². The summed E-state index contributed by atoms with van der Waals surface area (Å²) in [5.74, 6) is 0.800. The number of hydrogen-bond acceptors (Lipinski definition) is 1. The molecule has 58 valence electrons. The smallest absolute Gasteiger partial charge is 0.00858 e. The van der Waals surface area contributed by atoms with Gasteiger partial charge in [0.2, 0.25) is 0 Å². The van der Waals surface area contributed by atoms with Crippen molar-refractivity contribution in [2.75, 3.05) is 5.75 Å². The third-order valence-corrected chi connectivity index (χ3v) is 1.80. The molecule has 0 aliphatic rings. The fraction of sp³-hybridized carbons (Fsp3) is 0.200. The maximum atomic E-state index is 4.10. The summed E-state index contributed by atoms with van der Waals surface area (Å²) in [7, 11) is 0. The normalized spacial score (nSPS) is 10.7. The first-order valence-electron chi connectivity index (χ1n) is 3.67. The molecule has 1 aromatic rings. The summed E-state index contributed by atoms with van der Waals surface area (Å²) in [6, 6.07) is 8.31. The zero-order valence-corrected chi connectivity index (χ0v) is 7.51. The van der Waals surface area contributed by atoms with Gasteiger partial charge >= 0.3 is 0 Å². The molecule has 0 atom stereocenters. The Morgan fingerprint density at radius 3 is 2.73 bits per heavy atom. The third-order valence-electron chi connectivity index (χ3n) is 1.59. The zero-order chi connectivity index (χ0) is 8.10. The van der Waals surface area contributed by atoms with E-state index in [0.29, 0.717) is 0 Å². The number of thiol groups is 1. The lowest BCUT2D eigenvalue weighted by atomic mass is 10.1. The average molecular weight is 164 g/mol. The lowest BCUT2D eigenvalue weighted by molar-refractivity contribution is 1.44. The van der Waals surface area contributed by atoms with Crippen molar-refractivity contribution in [3.8, 4) is 0 Å². The standard InChI is InChI=1S/C10H12S/c1-9-5-2-3-6-10(9)7-4-8-11/h2-7,11H,8H2,1H3. The molecule has 1 aromatic carbocycles. The van der Waals surface area contributed by atoms with E-state index >= 15 is 0 Å². The van der Waals surface area contributed by atoms with Crippen LogP contribution in [0.4, 0.5) is 0 Å². The summed E-state index contributed by atoms with van der Waals surface area (Å²) >= 11 is 4.10. The van der Waals surface area contributed by atoms with Gasteiger partial charge in [-0.3, -0.25) is 0 Å². The molecule has 0 bridgehead atoms. The molecule has 1 heteroatoms. The molecule has 0 radical (unpaired) electrons. The Balaban J connectivity index is 2.86. The first-order chi connectivity index (χ1) is 5.34. The summed E-state index contributed by atoms with van der Waals surface area (Å²) in [5.41, 5.74) is 2.59. The predicted molar refractivity (Wildman–Crippen MR) is 54.1 cm³/mol. The minimum absolute atomic E-state index is 0.800. The van der Waals surface area contributed by atoms with Crippen molar-refractivity contribution in [3.05, 3.63) is 41.5 Å². The van der Waals surface area contributed by atoms with Crippen LogP contribution in [-0.2, 0) is 0 Å². The Bertz CT molecular complexity index is 251. The van der Waals surface area contributed by atoms with Gasteiger partial charge < -0.3 is 0 Å². The molecule has 0 aliphatic carbocycles. The van der Waals surface area contributed by atoms with Crippen LogP contribution in [0.15, 0.2) is 30.3 Å². The van der Waals surface area contributed by atoms with Crippen molar-refractivity contribution in [2.45, 2.75) is 6.92 Å². The molecule has 0 spiro atoms. The fourth-order valence-electron chi connectivity index (χ4n) is 0.953. The maximum Gasteiger partial charge on any atom is 0.00858 e. The van der Waals surface area contributed by atoms with Crippen LogP contribution < -0.4 is 0 Å². The van der Waals surface area contributed by atoms with E-state index in [2.05, 4.69) is 37.8 Å². The van der Waals surface area contributed by atoms with Gasteiger partial charge in [-0.15, -0.1) is 0 Å². The van der Waals surface area contributed by atoms with Crippen LogP contribution in [0.2, 0.25) is 0 Å². The molecular formula is C10H12S. The maximum absolute atomic E-state index is 4.10. The Labute approximate surface area is 73.4 Å². The average Bonchev–Trinajstić information content (AvgIpc) is 2.03. The minimum atomic E-state index is 0.800. The van der Waals surface area contributed by atoms with Crippen LogP contribution in [0.25, 0.3) is 6.08 Å². The van der Waals surface area contributed by atoms with Crippen LogP contribution in [0.5, 0.6) is 0 Å². The third kappa shape index (κ3) is 2.43.